The van der Waals surface area contributed by atoms with Gasteiger partial charge in [-0.2, -0.15) is 0 Å². The Labute approximate surface area is 123 Å². The molecule has 0 amide bonds. The second-order valence-corrected chi connectivity index (χ2v) is 5.01. The maximum Gasteiger partial charge on any atom is 0.327 e. The molecular weight excluding hydrogens is 298 g/mol. The lowest BCUT2D eigenvalue weighted by Gasteiger charge is -2.05. The van der Waals surface area contributed by atoms with Gasteiger partial charge in [-0.05, 0) is 34.7 Å². The summed E-state index contributed by atoms with van der Waals surface area (Å²) in [4.78, 5) is 22.2. The van der Waals surface area contributed by atoms with Crippen LogP contribution < -0.4 is 0 Å². The highest BCUT2D eigenvalue weighted by atomic mass is 32.2. The molecule has 2 rings (SSSR count). The number of carbonyl (C=O) groups excluding carboxylic acids is 1. The minimum atomic E-state index is -0.486. The van der Waals surface area contributed by atoms with Crippen molar-refractivity contribution in [3.05, 3.63) is 33.9 Å². The number of esters is 1. The number of methoxy groups -OCH3 is 1. The number of carbonyl (C=O) groups is 1. The molecule has 10 heteroatoms. The Kier molecular flexibility index (Phi) is 4.48. The Bertz CT molecular complexity index is 687. The van der Waals surface area contributed by atoms with Gasteiger partial charge in [0.15, 0.2) is 0 Å². The fourth-order valence-corrected chi connectivity index (χ4v) is 2.36. The predicted molar refractivity (Wildman–Crippen MR) is 71.8 cm³/mol. The van der Waals surface area contributed by atoms with Crippen LogP contribution in [0.1, 0.15) is 5.56 Å². The minimum Gasteiger partial charge on any atom is -0.468 e. The Balaban J connectivity index is 2.26. The molecule has 1 aromatic carbocycles. The molecule has 0 aliphatic carbocycles. The van der Waals surface area contributed by atoms with Crippen molar-refractivity contribution in [2.24, 2.45) is 0 Å². The number of nitro benzene ring substituents is 1. The van der Waals surface area contributed by atoms with E-state index in [-0.39, 0.29) is 12.2 Å². The number of hydrogen-bond acceptors (Lipinski definition) is 8. The van der Waals surface area contributed by atoms with Gasteiger partial charge in [-0.1, -0.05) is 6.07 Å². The molecule has 21 heavy (non-hydrogen) atoms. The molecule has 0 saturated carbocycles. The highest BCUT2D eigenvalue weighted by molar-refractivity contribution is 7.99. The van der Waals surface area contributed by atoms with Crippen molar-refractivity contribution < 1.29 is 14.5 Å². The number of ether oxygens (including phenoxy) is 1. The first-order chi connectivity index (χ1) is 10.0. The first-order valence-electron chi connectivity index (χ1n) is 5.77. The summed E-state index contributed by atoms with van der Waals surface area (Å²) in [6.07, 6.45) is 0. The van der Waals surface area contributed by atoms with Crippen LogP contribution in [0.4, 0.5) is 5.69 Å². The number of aryl methyl sites for hydroxylation is 1. The topological polar surface area (TPSA) is 113 Å². The number of non-ortho nitro benzene ring substituents is 1. The van der Waals surface area contributed by atoms with E-state index in [1.807, 2.05) is 6.92 Å². The van der Waals surface area contributed by atoms with E-state index in [9.17, 15) is 14.9 Å². The molecule has 0 saturated heterocycles. The van der Waals surface area contributed by atoms with Gasteiger partial charge >= 0.3 is 5.97 Å². The molecular formula is C11H11N5O4S. The van der Waals surface area contributed by atoms with Gasteiger partial charge in [-0.15, -0.1) is 5.10 Å². The number of rotatable bonds is 5. The van der Waals surface area contributed by atoms with Crippen LogP contribution in [0.25, 0.3) is 0 Å². The van der Waals surface area contributed by atoms with Gasteiger partial charge < -0.3 is 4.74 Å². The molecule has 0 bridgehead atoms. The lowest BCUT2D eigenvalue weighted by molar-refractivity contribution is -0.385. The second kappa shape index (κ2) is 6.31. The van der Waals surface area contributed by atoms with Gasteiger partial charge in [0.1, 0.15) is 6.54 Å². The molecule has 0 fully saturated rings. The predicted octanol–water partition coefficient (Wildman–Crippen LogP) is 1.21. The molecule has 0 radical (unpaired) electrons. The first kappa shape index (κ1) is 14.9. The van der Waals surface area contributed by atoms with Crippen LogP contribution in [0.2, 0.25) is 0 Å². The van der Waals surface area contributed by atoms with Crippen LogP contribution in [0.15, 0.2) is 28.3 Å². The summed E-state index contributed by atoms with van der Waals surface area (Å²) in [7, 11) is 1.27. The van der Waals surface area contributed by atoms with Crippen LogP contribution in [0.5, 0.6) is 0 Å². The molecule has 1 aromatic heterocycles. The molecule has 2 aromatic rings. The molecule has 0 atom stereocenters. The largest absolute Gasteiger partial charge is 0.468 e. The smallest absolute Gasteiger partial charge is 0.327 e. The van der Waals surface area contributed by atoms with Gasteiger partial charge in [0.2, 0.25) is 5.16 Å². The zero-order valence-corrected chi connectivity index (χ0v) is 12.0. The lowest BCUT2D eigenvalue weighted by Crippen LogP contribution is -2.13. The summed E-state index contributed by atoms with van der Waals surface area (Å²) >= 11 is 1.15. The van der Waals surface area contributed by atoms with Gasteiger partial charge in [0, 0.05) is 17.0 Å². The van der Waals surface area contributed by atoms with E-state index in [4.69, 9.17) is 0 Å². The van der Waals surface area contributed by atoms with E-state index in [0.717, 1.165) is 17.3 Å². The summed E-state index contributed by atoms with van der Waals surface area (Å²) in [6, 6.07) is 4.52. The average molecular weight is 309 g/mol. The maximum atomic E-state index is 11.3. The Morgan fingerprint density at radius 3 is 2.95 bits per heavy atom. The molecule has 0 aliphatic rings. The van der Waals surface area contributed by atoms with E-state index < -0.39 is 10.9 Å². The zero-order valence-electron chi connectivity index (χ0n) is 11.2. The van der Waals surface area contributed by atoms with E-state index in [2.05, 4.69) is 20.3 Å². The summed E-state index contributed by atoms with van der Waals surface area (Å²) < 4.78 is 5.82. The van der Waals surface area contributed by atoms with Crippen LogP contribution in [-0.4, -0.2) is 38.2 Å². The number of nitrogens with zero attached hydrogens (tertiary/aromatic N) is 5. The number of benzene rings is 1. The van der Waals surface area contributed by atoms with Crippen LogP contribution >= 0.6 is 11.8 Å². The van der Waals surface area contributed by atoms with Crippen molar-refractivity contribution in [1.82, 2.24) is 20.2 Å². The quantitative estimate of drug-likeness (QED) is 0.460. The zero-order chi connectivity index (χ0) is 15.4. The van der Waals surface area contributed by atoms with Crippen LogP contribution in [0, 0.1) is 17.0 Å². The molecule has 0 aliphatic heterocycles. The number of hydrogen-bond donors (Lipinski definition) is 0. The third-order valence-corrected chi connectivity index (χ3v) is 3.72. The van der Waals surface area contributed by atoms with Crippen molar-refractivity contribution >= 4 is 23.4 Å². The molecule has 0 spiro atoms. The molecule has 1 heterocycles. The van der Waals surface area contributed by atoms with Gasteiger partial charge in [-0.3, -0.25) is 14.9 Å². The van der Waals surface area contributed by atoms with Gasteiger partial charge in [0.05, 0.1) is 12.0 Å². The third-order valence-electron chi connectivity index (χ3n) is 2.59. The summed E-state index contributed by atoms with van der Waals surface area (Å²) in [6.45, 7) is 1.69. The van der Waals surface area contributed by atoms with Crippen molar-refractivity contribution in [3.8, 4) is 0 Å². The van der Waals surface area contributed by atoms with Crippen LogP contribution in [0.3, 0.4) is 0 Å². The second-order valence-electron chi connectivity index (χ2n) is 4.00. The van der Waals surface area contributed by atoms with Crippen molar-refractivity contribution in [2.75, 3.05) is 7.11 Å². The Hall–Kier alpha value is -2.49. The van der Waals surface area contributed by atoms with E-state index in [0.29, 0.717) is 10.1 Å². The van der Waals surface area contributed by atoms with Crippen LogP contribution in [-0.2, 0) is 16.1 Å². The fraction of sp³-hybridized carbons (Fsp3) is 0.273. The summed E-state index contributed by atoms with van der Waals surface area (Å²) in [5.74, 6) is -0.486. The van der Waals surface area contributed by atoms with Crippen molar-refractivity contribution in [1.29, 1.82) is 0 Å². The SMILES string of the molecule is COC(=O)Cn1nnnc1Sc1cc([N+](=O)[O-])ccc1C. The van der Waals surface area contributed by atoms with E-state index in [1.165, 1.54) is 23.9 Å². The fourth-order valence-electron chi connectivity index (χ4n) is 1.47. The Morgan fingerprint density at radius 2 is 2.29 bits per heavy atom. The standard InChI is InChI=1S/C11H11N5O4S/c1-7-3-4-8(16(18)19)5-9(7)21-11-12-13-14-15(11)6-10(17)20-2/h3-5H,6H2,1-2H3. The number of tetrazole rings is 1. The first-order valence-corrected chi connectivity index (χ1v) is 6.59. The lowest BCUT2D eigenvalue weighted by atomic mass is 10.2. The van der Waals surface area contributed by atoms with Crippen molar-refractivity contribution in [2.45, 2.75) is 23.5 Å². The number of aromatic nitrogens is 4. The highest BCUT2D eigenvalue weighted by Gasteiger charge is 2.15. The highest BCUT2D eigenvalue weighted by Crippen LogP contribution is 2.31. The van der Waals surface area contributed by atoms with Gasteiger partial charge in [-0.25, -0.2) is 4.68 Å². The molecule has 110 valence electrons. The van der Waals surface area contributed by atoms with E-state index in [1.54, 1.807) is 6.07 Å². The normalized spacial score (nSPS) is 10.4. The van der Waals surface area contributed by atoms with Gasteiger partial charge in [0.25, 0.3) is 5.69 Å². The number of nitro groups is 1. The monoisotopic (exact) mass is 309 g/mol. The third kappa shape index (κ3) is 3.54. The molecule has 0 unspecified atom stereocenters. The summed E-state index contributed by atoms with van der Waals surface area (Å²) in [5, 5.41) is 22.1. The molecule has 9 nitrogen and oxygen atoms in total. The summed E-state index contributed by atoms with van der Waals surface area (Å²) in [5.41, 5.74) is 0.827. The minimum absolute atomic E-state index is 0.0184. The average Bonchev–Trinajstić information content (AvgIpc) is 2.88. The van der Waals surface area contributed by atoms with E-state index >= 15 is 0 Å². The molecule has 0 N–H and O–H groups in total. The Morgan fingerprint density at radius 1 is 1.52 bits per heavy atom. The van der Waals surface area contributed by atoms with Crippen molar-refractivity contribution in [3.63, 3.8) is 0 Å². The maximum absolute atomic E-state index is 11.3.